The summed E-state index contributed by atoms with van der Waals surface area (Å²) in [7, 11) is 0. The molecule has 0 radical (unpaired) electrons. The van der Waals surface area contributed by atoms with Gasteiger partial charge in [-0.2, -0.15) is 0 Å². The van der Waals surface area contributed by atoms with Crippen LogP contribution in [0.5, 0.6) is 5.75 Å². The maximum Gasteiger partial charge on any atom is 0.119 e. The van der Waals surface area contributed by atoms with E-state index >= 15 is 0 Å². The Morgan fingerprint density at radius 2 is 1.89 bits per heavy atom. The SMILES string of the molecule is NCC1(CCOc2ccc(Br)cc2)CCOCC1. The highest BCUT2D eigenvalue weighted by molar-refractivity contribution is 9.10. The van der Waals surface area contributed by atoms with Gasteiger partial charge in [0.2, 0.25) is 0 Å². The number of rotatable bonds is 5. The van der Waals surface area contributed by atoms with E-state index in [4.69, 9.17) is 15.2 Å². The molecule has 3 nitrogen and oxygen atoms in total. The highest BCUT2D eigenvalue weighted by atomic mass is 79.9. The zero-order valence-electron chi connectivity index (χ0n) is 10.5. The summed E-state index contributed by atoms with van der Waals surface area (Å²) in [6.45, 7) is 3.10. The lowest BCUT2D eigenvalue weighted by Crippen LogP contribution is -2.37. The molecule has 0 unspecified atom stereocenters. The Balaban J connectivity index is 1.81. The molecule has 1 heterocycles. The molecule has 100 valence electrons. The Morgan fingerprint density at radius 3 is 2.50 bits per heavy atom. The molecule has 1 aliphatic rings. The van der Waals surface area contributed by atoms with Crippen molar-refractivity contribution in [1.82, 2.24) is 0 Å². The van der Waals surface area contributed by atoms with Gasteiger partial charge in [-0.15, -0.1) is 0 Å². The van der Waals surface area contributed by atoms with Crippen molar-refractivity contribution in [2.45, 2.75) is 19.3 Å². The molecule has 2 rings (SSSR count). The molecule has 0 spiro atoms. The standard InChI is InChI=1S/C14H20BrNO2/c15-12-1-3-13(4-2-12)18-10-7-14(11-16)5-8-17-9-6-14/h1-4H,5-11,16H2. The number of benzene rings is 1. The van der Waals surface area contributed by atoms with Crippen LogP contribution >= 0.6 is 15.9 Å². The number of ether oxygens (including phenoxy) is 2. The van der Waals surface area contributed by atoms with Crippen molar-refractivity contribution in [3.63, 3.8) is 0 Å². The van der Waals surface area contributed by atoms with Crippen LogP contribution in [0.2, 0.25) is 0 Å². The minimum Gasteiger partial charge on any atom is -0.494 e. The fourth-order valence-corrected chi connectivity index (χ4v) is 2.54. The molecular formula is C14H20BrNO2. The average Bonchev–Trinajstić information content (AvgIpc) is 2.42. The van der Waals surface area contributed by atoms with E-state index in [9.17, 15) is 0 Å². The maximum absolute atomic E-state index is 5.92. The van der Waals surface area contributed by atoms with E-state index in [2.05, 4.69) is 15.9 Å². The lowest BCUT2D eigenvalue weighted by Gasteiger charge is -2.36. The first kappa shape index (κ1) is 13.8. The van der Waals surface area contributed by atoms with E-state index in [0.717, 1.165) is 55.9 Å². The van der Waals surface area contributed by atoms with Crippen LogP contribution in [-0.2, 0) is 4.74 Å². The zero-order valence-corrected chi connectivity index (χ0v) is 12.1. The number of hydrogen-bond donors (Lipinski definition) is 1. The summed E-state index contributed by atoms with van der Waals surface area (Å²) in [5.41, 5.74) is 6.14. The Labute approximate surface area is 117 Å². The van der Waals surface area contributed by atoms with Crippen molar-refractivity contribution < 1.29 is 9.47 Å². The van der Waals surface area contributed by atoms with E-state index in [1.165, 1.54) is 0 Å². The van der Waals surface area contributed by atoms with Crippen LogP contribution in [0.3, 0.4) is 0 Å². The van der Waals surface area contributed by atoms with Crippen LogP contribution in [0.1, 0.15) is 19.3 Å². The average molecular weight is 314 g/mol. The summed E-state index contributed by atoms with van der Waals surface area (Å²) in [5, 5.41) is 0. The molecule has 1 aromatic rings. The summed E-state index contributed by atoms with van der Waals surface area (Å²) < 4.78 is 12.2. The molecule has 0 aliphatic carbocycles. The van der Waals surface area contributed by atoms with Crippen molar-refractivity contribution >= 4 is 15.9 Å². The molecule has 0 saturated carbocycles. The zero-order chi connectivity index (χ0) is 12.8. The first-order valence-corrected chi connectivity index (χ1v) is 7.20. The van der Waals surface area contributed by atoms with Crippen LogP contribution in [-0.4, -0.2) is 26.4 Å². The predicted octanol–water partition coefficient (Wildman–Crippen LogP) is 2.97. The lowest BCUT2D eigenvalue weighted by atomic mass is 9.78. The minimum atomic E-state index is 0.216. The lowest BCUT2D eigenvalue weighted by molar-refractivity contribution is 0.00855. The summed E-state index contributed by atoms with van der Waals surface area (Å²) in [5.74, 6) is 0.914. The van der Waals surface area contributed by atoms with Crippen LogP contribution in [0, 0.1) is 5.41 Å². The topological polar surface area (TPSA) is 44.5 Å². The fraction of sp³-hybridized carbons (Fsp3) is 0.571. The summed E-state index contributed by atoms with van der Waals surface area (Å²) in [6.07, 6.45) is 3.10. The largest absolute Gasteiger partial charge is 0.494 e. The molecule has 0 atom stereocenters. The Kier molecular flexibility index (Phi) is 5.03. The third kappa shape index (κ3) is 3.70. The third-order valence-corrected chi connectivity index (χ3v) is 4.23. The van der Waals surface area contributed by atoms with Gasteiger partial charge < -0.3 is 15.2 Å². The smallest absolute Gasteiger partial charge is 0.119 e. The molecule has 0 amide bonds. The van der Waals surface area contributed by atoms with E-state index in [0.29, 0.717) is 0 Å². The molecule has 0 bridgehead atoms. The van der Waals surface area contributed by atoms with Gasteiger partial charge in [-0.3, -0.25) is 0 Å². The minimum absolute atomic E-state index is 0.216. The predicted molar refractivity (Wildman–Crippen MR) is 75.8 cm³/mol. The first-order chi connectivity index (χ1) is 8.74. The van der Waals surface area contributed by atoms with Crippen molar-refractivity contribution in [2.75, 3.05) is 26.4 Å². The monoisotopic (exact) mass is 313 g/mol. The number of nitrogens with two attached hydrogens (primary N) is 1. The van der Waals surface area contributed by atoms with Gasteiger partial charge >= 0.3 is 0 Å². The first-order valence-electron chi connectivity index (χ1n) is 6.40. The van der Waals surface area contributed by atoms with Crippen molar-refractivity contribution in [1.29, 1.82) is 0 Å². The fourth-order valence-electron chi connectivity index (χ4n) is 2.28. The Morgan fingerprint density at radius 1 is 1.22 bits per heavy atom. The second kappa shape index (κ2) is 6.55. The van der Waals surface area contributed by atoms with Crippen molar-refractivity contribution in [2.24, 2.45) is 11.1 Å². The van der Waals surface area contributed by atoms with Gasteiger partial charge in [-0.25, -0.2) is 0 Å². The molecule has 2 N–H and O–H groups in total. The molecular weight excluding hydrogens is 294 g/mol. The number of halogens is 1. The Bertz CT molecular complexity index is 361. The van der Waals surface area contributed by atoms with E-state index in [-0.39, 0.29) is 5.41 Å². The highest BCUT2D eigenvalue weighted by Gasteiger charge is 2.30. The molecule has 1 aliphatic heterocycles. The molecule has 1 aromatic carbocycles. The normalized spacial score (nSPS) is 18.6. The summed E-state index contributed by atoms with van der Waals surface area (Å²) >= 11 is 3.41. The second-order valence-corrected chi connectivity index (χ2v) is 5.78. The van der Waals surface area contributed by atoms with E-state index in [1.54, 1.807) is 0 Å². The van der Waals surface area contributed by atoms with Crippen LogP contribution in [0.15, 0.2) is 28.7 Å². The van der Waals surface area contributed by atoms with Crippen molar-refractivity contribution in [3.05, 3.63) is 28.7 Å². The van der Waals surface area contributed by atoms with Crippen LogP contribution in [0.4, 0.5) is 0 Å². The Hall–Kier alpha value is -0.580. The quantitative estimate of drug-likeness (QED) is 0.909. The second-order valence-electron chi connectivity index (χ2n) is 4.87. The van der Waals surface area contributed by atoms with Gasteiger partial charge in [0.25, 0.3) is 0 Å². The van der Waals surface area contributed by atoms with Crippen LogP contribution < -0.4 is 10.5 Å². The summed E-state index contributed by atoms with van der Waals surface area (Å²) in [6, 6.07) is 7.93. The van der Waals surface area contributed by atoms with Gasteiger partial charge in [0.15, 0.2) is 0 Å². The van der Waals surface area contributed by atoms with Gasteiger partial charge in [0.05, 0.1) is 6.61 Å². The van der Waals surface area contributed by atoms with Crippen LogP contribution in [0.25, 0.3) is 0 Å². The molecule has 18 heavy (non-hydrogen) atoms. The highest BCUT2D eigenvalue weighted by Crippen LogP contribution is 2.33. The van der Waals surface area contributed by atoms with Crippen molar-refractivity contribution in [3.8, 4) is 5.75 Å². The third-order valence-electron chi connectivity index (χ3n) is 3.70. The van der Waals surface area contributed by atoms with Gasteiger partial charge in [0.1, 0.15) is 5.75 Å². The van der Waals surface area contributed by atoms with Gasteiger partial charge in [-0.1, -0.05) is 15.9 Å². The van der Waals surface area contributed by atoms with Gasteiger partial charge in [0, 0.05) is 17.7 Å². The van der Waals surface area contributed by atoms with Gasteiger partial charge in [-0.05, 0) is 55.5 Å². The van der Waals surface area contributed by atoms with E-state index < -0.39 is 0 Å². The molecule has 4 heteroatoms. The van der Waals surface area contributed by atoms with E-state index in [1.807, 2.05) is 24.3 Å². The maximum atomic E-state index is 5.92. The molecule has 0 aromatic heterocycles. The molecule has 1 saturated heterocycles. The molecule has 1 fully saturated rings. The summed E-state index contributed by atoms with van der Waals surface area (Å²) in [4.78, 5) is 0. The number of hydrogen-bond acceptors (Lipinski definition) is 3.